The van der Waals surface area contributed by atoms with Crippen LogP contribution in [0.25, 0.3) is 5.52 Å². The molecule has 0 saturated carbocycles. The van der Waals surface area contributed by atoms with Crippen LogP contribution in [0, 0.1) is 6.92 Å². The summed E-state index contributed by atoms with van der Waals surface area (Å²) in [5.74, 6) is 0.574. The van der Waals surface area contributed by atoms with Crippen LogP contribution in [0.5, 0.6) is 0 Å². The van der Waals surface area contributed by atoms with Crippen LogP contribution >= 0.6 is 0 Å². The van der Waals surface area contributed by atoms with E-state index >= 15 is 0 Å². The fourth-order valence-corrected chi connectivity index (χ4v) is 3.44. The first-order chi connectivity index (χ1) is 12.1. The van der Waals surface area contributed by atoms with Gasteiger partial charge in [0.2, 0.25) is 5.91 Å². The smallest absolute Gasteiger partial charge is 0.246 e. The van der Waals surface area contributed by atoms with Gasteiger partial charge in [0.25, 0.3) is 0 Å². The maximum Gasteiger partial charge on any atom is 0.246 e. The minimum atomic E-state index is -0.0683. The summed E-state index contributed by atoms with van der Waals surface area (Å²) in [6, 6.07) is 2.12. The van der Waals surface area contributed by atoms with Crippen molar-refractivity contribution in [3.05, 3.63) is 36.3 Å². The Kier molecular flexibility index (Phi) is 6.14. The number of ether oxygens (including phenoxy) is 1. The van der Waals surface area contributed by atoms with Gasteiger partial charge in [-0.05, 0) is 31.1 Å². The standard InChI is InChI=1S/C16H21N5O2.C2H6/c1-4-14(22)20-7-11(6-12(20)8-23-3)13-5-10(2)15-16(17)18-9-19-21(13)15;1-2/h4-5,9,11-12H,1,6-8H2,2-3H3,(H2,17,18,19);1-2H3. The van der Waals surface area contributed by atoms with E-state index < -0.39 is 0 Å². The van der Waals surface area contributed by atoms with E-state index in [0.717, 1.165) is 23.2 Å². The van der Waals surface area contributed by atoms with Crippen LogP contribution in [0.1, 0.15) is 37.4 Å². The van der Waals surface area contributed by atoms with Gasteiger partial charge in [-0.2, -0.15) is 5.10 Å². The third kappa shape index (κ3) is 3.51. The molecule has 0 aliphatic carbocycles. The van der Waals surface area contributed by atoms with Crippen LogP contribution in [-0.4, -0.2) is 51.7 Å². The van der Waals surface area contributed by atoms with Crippen molar-refractivity contribution in [2.24, 2.45) is 0 Å². The van der Waals surface area contributed by atoms with Crippen LogP contribution in [-0.2, 0) is 9.53 Å². The van der Waals surface area contributed by atoms with Gasteiger partial charge in [-0.1, -0.05) is 20.4 Å². The zero-order valence-electron chi connectivity index (χ0n) is 15.4. The van der Waals surface area contributed by atoms with Gasteiger partial charge in [-0.3, -0.25) is 4.79 Å². The van der Waals surface area contributed by atoms with Crippen molar-refractivity contribution in [3.8, 4) is 0 Å². The lowest BCUT2D eigenvalue weighted by atomic mass is 10.0. The average molecular weight is 345 g/mol. The highest BCUT2D eigenvalue weighted by Gasteiger charge is 2.36. The van der Waals surface area contributed by atoms with E-state index in [1.807, 2.05) is 30.2 Å². The summed E-state index contributed by atoms with van der Waals surface area (Å²) in [4.78, 5) is 18.0. The highest BCUT2D eigenvalue weighted by molar-refractivity contribution is 5.87. The van der Waals surface area contributed by atoms with Crippen molar-refractivity contribution in [2.75, 3.05) is 26.0 Å². The van der Waals surface area contributed by atoms with Crippen LogP contribution in [0.4, 0.5) is 5.82 Å². The fourth-order valence-electron chi connectivity index (χ4n) is 3.44. The lowest BCUT2D eigenvalue weighted by Gasteiger charge is -2.22. The first-order valence-electron chi connectivity index (χ1n) is 8.57. The molecule has 7 nitrogen and oxygen atoms in total. The third-order valence-corrected chi connectivity index (χ3v) is 4.45. The van der Waals surface area contributed by atoms with Gasteiger partial charge in [-0.25, -0.2) is 9.50 Å². The van der Waals surface area contributed by atoms with E-state index in [4.69, 9.17) is 10.5 Å². The second kappa shape index (κ2) is 8.11. The molecule has 0 radical (unpaired) electrons. The van der Waals surface area contributed by atoms with Gasteiger partial charge >= 0.3 is 0 Å². The molecule has 2 atom stereocenters. The van der Waals surface area contributed by atoms with E-state index in [0.29, 0.717) is 19.0 Å². The predicted octanol–water partition coefficient (Wildman–Crippen LogP) is 2.16. The number of nitrogen functional groups attached to an aromatic ring is 1. The highest BCUT2D eigenvalue weighted by Crippen LogP contribution is 2.34. The minimum absolute atomic E-state index is 0.0422. The van der Waals surface area contributed by atoms with Gasteiger partial charge in [0.1, 0.15) is 11.8 Å². The molecule has 2 unspecified atom stereocenters. The Bertz CT molecular complexity index is 755. The number of aromatic nitrogens is 3. The normalized spacial score (nSPS) is 19.6. The molecule has 0 aromatic carbocycles. The second-order valence-corrected chi connectivity index (χ2v) is 5.89. The Morgan fingerprint density at radius 3 is 2.88 bits per heavy atom. The molecule has 7 heteroatoms. The summed E-state index contributed by atoms with van der Waals surface area (Å²) in [7, 11) is 1.65. The largest absolute Gasteiger partial charge is 0.383 e. The number of methoxy groups -OCH3 is 1. The average Bonchev–Trinajstić information content (AvgIpc) is 3.18. The number of carbonyl (C=O) groups is 1. The number of carbonyl (C=O) groups excluding carboxylic acids is 1. The molecule has 25 heavy (non-hydrogen) atoms. The zero-order valence-corrected chi connectivity index (χ0v) is 15.4. The molecule has 1 aliphatic rings. The summed E-state index contributed by atoms with van der Waals surface area (Å²) in [6.07, 6.45) is 3.63. The SMILES string of the molecule is C=CC(=O)N1CC(c2cc(C)c3c(N)ncnn23)CC1COC.CC. The van der Waals surface area contributed by atoms with E-state index in [1.54, 1.807) is 7.11 Å². The predicted molar refractivity (Wildman–Crippen MR) is 98.4 cm³/mol. The molecule has 1 saturated heterocycles. The van der Waals surface area contributed by atoms with E-state index in [-0.39, 0.29) is 17.9 Å². The van der Waals surface area contributed by atoms with Crippen LogP contribution in [0.2, 0.25) is 0 Å². The quantitative estimate of drug-likeness (QED) is 0.858. The molecule has 2 N–H and O–H groups in total. The number of fused-ring (bicyclic) bond motifs is 1. The number of nitrogens with zero attached hydrogens (tertiary/aromatic N) is 4. The van der Waals surface area contributed by atoms with E-state index in [9.17, 15) is 4.79 Å². The molecule has 136 valence electrons. The number of hydrogen-bond donors (Lipinski definition) is 1. The molecule has 1 fully saturated rings. The Hall–Kier alpha value is -2.41. The molecular formula is C18H27N5O2. The van der Waals surface area contributed by atoms with Crippen molar-refractivity contribution in [1.82, 2.24) is 19.5 Å². The topological polar surface area (TPSA) is 85.8 Å². The van der Waals surface area contributed by atoms with E-state index in [2.05, 4.69) is 22.7 Å². The first-order valence-corrected chi connectivity index (χ1v) is 8.57. The zero-order chi connectivity index (χ0) is 18.6. The van der Waals surface area contributed by atoms with Crippen molar-refractivity contribution < 1.29 is 9.53 Å². The summed E-state index contributed by atoms with van der Waals surface area (Å²) < 4.78 is 7.11. The summed E-state index contributed by atoms with van der Waals surface area (Å²) in [5.41, 5.74) is 8.89. The van der Waals surface area contributed by atoms with Crippen molar-refractivity contribution >= 4 is 17.2 Å². The fraction of sp³-hybridized carbons (Fsp3) is 0.500. The molecule has 2 aromatic rings. The van der Waals surface area contributed by atoms with Gasteiger partial charge in [0.05, 0.1) is 12.6 Å². The number of rotatable bonds is 4. The van der Waals surface area contributed by atoms with Gasteiger partial charge in [0, 0.05) is 25.3 Å². The number of anilines is 1. The Morgan fingerprint density at radius 1 is 1.52 bits per heavy atom. The molecule has 3 heterocycles. The Balaban J connectivity index is 0.00000109. The van der Waals surface area contributed by atoms with Crippen molar-refractivity contribution in [2.45, 2.75) is 39.2 Å². The first kappa shape index (κ1) is 18.9. The number of likely N-dealkylation sites (tertiary alicyclic amines) is 1. The van der Waals surface area contributed by atoms with Crippen LogP contribution in [0.3, 0.4) is 0 Å². The summed E-state index contributed by atoms with van der Waals surface area (Å²) >= 11 is 0. The van der Waals surface area contributed by atoms with E-state index in [1.165, 1.54) is 12.4 Å². The third-order valence-electron chi connectivity index (χ3n) is 4.45. The van der Waals surface area contributed by atoms with Crippen LogP contribution < -0.4 is 5.73 Å². The lowest BCUT2D eigenvalue weighted by molar-refractivity contribution is -0.127. The molecule has 1 amide bonds. The second-order valence-electron chi connectivity index (χ2n) is 5.89. The highest BCUT2D eigenvalue weighted by atomic mass is 16.5. The van der Waals surface area contributed by atoms with Gasteiger partial charge in [-0.15, -0.1) is 0 Å². The van der Waals surface area contributed by atoms with Crippen molar-refractivity contribution in [3.63, 3.8) is 0 Å². The molecule has 2 aromatic heterocycles. The summed E-state index contributed by atoms with van der Waals surface area (Å²) in [6.45, 7) is 10.7. The summed E-state index contributed by atoms with van der Waals surface area (Å²) in [5, 5.41) is 4.34. The minimum Gasteiger partial charge on any atom is -0.383 e. The Labute approximate surface area is 148 Å². The monoisotopic (exact) mass is 345 g/mol. The molecule has 3 rings (SSSR count). The van der Waals surface area contributed by atoms with Gasteiger partial charge in [0.15, 0.2) is 5.82 Å². The van der Waals surface area contributed by atoms with Crippen molar-refractivity contribution in [1.29, 1.82) is 0 Å². The number of aryl methyl sites for hydroxylation is 1. The number of hydrogen-bond acceptors (Lipinski definition) is 5. The Morgan fingerprint density at radius 2 is 2.24 bits per heavy atom. The van der Waals surface area contributed by atoms with Gasteiger partial charge < -0.3 is 15.4 Å². The number of nitrogens with two attached hydrogens (primary N) is 1. The maximum absolute atomic E-state index is 12.1. The molecular weight excluding hydrogens is 318 g/mol. The molecule has 1 aliphatic heterocycles. The maximum atomic E-state index is 12.1. The molecule has 0 spiro atoms. The lowest BCUT2D eigenvalue weighted by Crippen LogP contribution is -2.37. The van der Waals surface area contributed by atoms with Crippen LogP contribution in [0.15, 0.2) is 25.0 Å². The molecule has 0 bridgehead atoms. The number of amides is 1.